The molecule has 2 heterocycles. The average molecular weight is 508 g/mol. The van der Waals surface area contributed by atoms with E-state index >= 15 is 0 Å². The molecule has 9 nitrogen and oxygen atoms in total. The Morgan fingerprint density at radius 1 is 1.14 bits per heavy atom. The molecule has 10 heteroatoms. The molecular weight excluding hydrogens is 477 g/mol. The molecular formula is C27H30FN5O4. The number of hydrogen-bond donors (Lipinski definition) is 2. The Labute approximate surface area is 213 Å². The summed E-state index contributed by atoms with van der Waals surface area (Å²) < 4.78 is 20.6. The molecule has 0 spiro atoms. The van der Waals surface area contributed by atoms with Crippen molar-refractivity contribution >= 4 is 23.3 Å². The number of hydrogen-bond acceptors (Lipinski definition) is 6. The van der Waals surface area contributed by atoms with E-state index in [0.717, 1.165) is 25.7 Å². The molecule has 2 fully saturated rings. The van der Waals surface area contributed by atoms with Crippen LogP contribution in [0.3, 0.4) is 0 Å². The van der Waals surface area contributed by atoms with Crippen LogP contribution in [0.5, 0.6) is 0 Å². The third-order valence-corrected chi connectivity index (χ3v) is 7.60. The Kier molecular flexibility index (Phi) is 6.21. The number of anilines is 1. The molecule has 2 aliphatic carbocycles. The van der Waals surface area contributed by atoms with Crippen LogP contribution in [0.1, 0.15) is 93.8 Å². The molecule has 3 aromatic rings. The van der Waals surface area contributed by atoms with Crippen molar-refractivity contribution in [3.63, 3.8) is 0 Å². The van der Waals surface area contributed by atoms with E-state index in [9.17, 15) is 18.8 Å². The van der Waals surface area contributed by atoms with Gasteiger partial charge in [-0.05, 0) is 75.8 Å². The third-order valence-electron chi connectivity index (χ3n) is 7.60. The minimum Gasteiger partial charge on any atom is -0.344 e. The van der Waals surface area contributed by atoms with Crippen LogP contribution in [0.4, 0.5) is 10.1 Å². The highest BCUT2D eigenvalue weighted by Gasteiger charge is 2.44. The first kappa shape index (κ1) is 24.9. The second-order valence-corrected chi connectivity index (χ2v) is 10.2. The lowest BCUT2D eigenvalue weighted by atomic mass is 9.95. The molecule has 5 rings (SSSR count). The monoisotopic (exact) mass is 507 g/mol. The van der Waals surface area contributed by atoms with Gasteiger partial charge in [0.05, 0.1) is 11.3 Å². The van der Waals surface area contributed by atoms with Gasteiger partial charge in [0.2, 0.25) is 5.89 Å². The SMILES string of the molecule is Cc1cc(NC(=O)c2c(C)c(C(=O)C(=O)NC3(c4noc(C5CC5)n4)CCCC3)n(C)c2C)ccc1F. The summed E-state index contributed by atoms with van der Waals surface area (Å²) in [7, 11) is 1.65. The highest BCUT2D eigenvalue weighted by atomic mass is 19.1. The Morgan fingerprint density at radius 2 is 1.84 bits per heavy atom. The quantitative estimate of drug-likeness (QED) is 0.362. The molecule has 1 aromatic carbocycles. The Balaban J connectivity index is 1.39. The summed E-state index contributed by atoms with van der Waals surface area (Å²) in [6, 6.07) is 4.29. The Morgan fingerprint density at radius 3 is 2.49 bits per heavy atom. The molecule has 0 saturated heterocycles. The molecule has 0 unspecified atom stereocenters. The molecule has 2 aliphatic rings. The van der Waals surface area contributed by atoms with Crippen LogP contribution in [0.2, 0.25) is 0 Å². The molecule has 0 atom stereocenters. The maximum Gasteiger partial charge on any atom is 0.294 e. The Bertz CT molecular complexity index is 1410. The van der Waals surface area contributed by atoms with Gasteiger partial charge >= 0.3 is 0 Å². The van der Waals surface area contributed by atoms with E-state index in [2.05, 4.69) is 20.8 Å². The molecule has 0 aliphatic heterocycles. The first-order valence-corrected chi connectivity index (χ1v) is 12.6. The van der Waals surface area contributed by atoms with Gasteiger partial charge < -0.3 is 19.7 Å². The van der Waals surface area contributed by atoms with Crippen molar-refractivity contribution in [2.45, 2.75) is 70.8 Å². The molecule has 0 bridgehead atoms. The Hall–Kier alpha value is -3.82. The van der Waals surface area contributed by atoms with Gasteiger partial charge in [0.15, 0.2) is 5.82 Å². The summed E-state index contributed by atoms with van der Waals surface area (Å²) in [5.74, 6) is -1.03. The highest BCUT2D eigenvalue weighted by Crippen LogP contribution is 2.42. The van der Waals surface area contributed by atoms with Crippen molar-refractivity contribution in [1.82, 2.24) is 20.0 Å². The summed E-state index contributed by atoms with van der Waals surface area (Å²) in [6.07, 6.45) is 5.01. The largest absolute Gasteiger partial charge is 0.344 e. The second kappa shape index (κ2) is 9.24. The number of nitrogens with one attached hydrogen (secondary N) is 2. The maximum absolute atomic E-state index is 13.6. The van der Waals surface area contributed by atoms with Gasteiger partial charge in [-0.2, -0.15) is 4.98 Å². The lowest BCUT2D eigenvalue weighted by Gasteiger charge is -2.26. The van der Waals surface area contributed by atoms with Crippen molar-refractivity contribution in [3.05, 3.63) is 63.8 Å². The summed E-state index contributed by atoms with van der Waals surface area (Å²) in [5.41, 5.74) is 1.35. The number of rotatable bonds is 7. The normalized spacial score (nSPS) is 16.6. The lowest BCUT2D eigenvalue weighted by molar-refractivity contribution is -0.119. The van der Waals surface area contributed by atoms with Crippen molar-refractivity contribution in [2.75, 3.05) is 5.32 Å². The predicted octanol–water partition coefficient (Wildman–Crippen LogP) is 4.37. The van der Waals surface area contributed by atoms with Crippen LogP contribution in [0, 0.1) is 26.6 Å². The van der Waals surface area contributed by atoms with Crippen LogP contribution in [-0.2, 0) is 17.4 Å². The third kappa shape index (κ3) is 4.45. The van der Waals surface area contributed by atoms with Gasteiger partial charge in [0.25, 0.3) is 17.6 Å². The van der Waals surface area contributed by atoms with Crippen LogP contribution in [0.15, 0.2) is 22.7 Å². The fourth-order valence-electron chi connectivity index (χ4n) is 5.24. The van der Waals surface area contributed by atoms with Gasteiger partial charge in [-0.15, -0.1) is 0 Å². The number of aryl methyl sites for hydroxylation is 1. The smallest absolute Gasteiger partial charge is 0.294 e. The molecule has 2 N–H and O–H groups in total. The minimum absolute atomic E-state index is 0.135. The van der Waals surface area contributed by atoms with E-state index in [4.69, 9.17) is 4.52 Å². The number of amides is 2. The van der Waals surface area contributed by atoms with Crippen LogP contribution < -0.4 is 10.6 Å². The average Bonchev–Trinajstić information content (AvgIpc) is 3.29. The number of carbonyl (C=O) groups is 3. The summed E-state index contributed by atoms with van der Waals surface area (Å²) in [6.45, 7) is 4.96. The molecule has 2 saturated carbocycles. The number of aromatic nitrogens is 3. The van der Waals surface area contributed by atoms with Crippen molar-refractivity contribution in [1.29, 1.82) is 0 Å². The number of carbonyl (C=O) groups excluding carboxylic acids is 3. The fraction of sp³-hybridized carbons (Fsp3) is 0.444. The van der Waals surface area contributed by atoms with Crippen molar-refractivity contribution in [3.8, 4) is 0 Å². The van der Waals surface area contributed by atoms with Crippen LogP contribution in [-0.4, -0.2) is 32.3 Å². The van der Waals surface area contributed by atoms with Crippen LogP contribution in [0.25, 0.3) is 0 Å². The van der Waals surface area contributed by atoms with E-state index < -0.39 is 23.1 Å². The standard InChI is InChI=1S/C27H30FN5O4/c1-14-13-18(9-10-19(14)28)29-23(35)20-15(2)21(33(4)16(20)3)22(34)24(36)31-27(11-5-6-12-27)26-30-25(37-32-26)17-7-8-17/h9-10,13,17H,5-8,11-12H2,1-4H3,(H,29,35)(H,31,36). The second-order valence-electron chi connectivity index (χ2n) is 10.2. The van der Waals surface area contributed by atoms with E-state index in [1.807, 2.05) is 0 Å². The van der Waals surface area contributed by atoms with E-state index in [-0.39, 0.29) is 17.4 Å². The molecule has 194 valence electrons. The van der Waals surface area contributed by atoms with E-state index in [1.54, 1.807) is 32.4 Å². The topological polar surface area (TPSA) is 119 Å². The molecule has 2 aromatic heterocycles. The molecule has 37 heavy (non-hydrogen) atoms. The summed E-state index contributed by atoms with van der Waals surface area (Å²) >= 11 is 0. The molecule has 2 amide bonds. The minimum atomic E-state index is -0.849. The van der Waals surface area contributed by atoms with Crippen molar-refractivity contribution < 1.29 is 23.3 Å². The van der Waals surface area contributed by atoms with Crippen LogP contribution >= 0.6 is 0 Å². The highest BCUT2D eigenvalue weighted by molar-refractivity contribution is 6.43. The number of benzene rings is 1. The lowest BCUT2D eigenvalue weighted by Crippen LogP contribution is -2.47. The zero-order valence-electron chi connectivity index (χ0n) is 21.4. The van der Waals surface area contributed by atoms with E-state index in [0.29, 0.717) is 52.6 Å². The number of nitrogens with zero attached hydrogens (tertiary/aromatic N) is 3. The summed E-state index contributed by atoms with van der Waals surface area (Å²) in [4.78, 5) is 44.4. The van der Waals surface area contributed by atoms with Gasteiger partial charge in [-0.3, -0.25) is 14.4 Å². The fourth-order valence-corrected chi connectivity index (χ4v) is 5.24. The zero-order valence-corrected chi connectivity index (χ0v) is 21.4. The number of ketones is 1. The van der Waals surface area contributed by atoms with E-state index in [1.165, 1.54) is 18.2 Å². The van der Waals surface area contributed by atoms with Crippen molar-refractivity contribution in [2.24, 2.45) is 7.05 Å². The maximum atomic E-state index is 13.6. The first-order chi connectivity index (χ1) is 17.6. The van der Waals surface area contributed by atoms with Gasteiger partial charge in [0.1, 0.15) is 11.4 Å². The number of Topliss-reactive ketones (excluding diaryl/α,β-unsaturated/α-hetero) is 1. The van der Waals surface area contributed by atoms with Gasteiger partial charge in [0, 0.05) is 24.3 Å². The zero-order chi connectivity index (χ0) is 26.5. The van der Waals surface area contributed by atoms with Gasteiger partial charge in [-0.25, -0.2) is 4.39 Å². The van der Waals surface area contributed by atoms with Gasteiger partial charge in [-0.1, -0.05) is 18.0 Å². The summed E-state index contributed by atoms with van der Waals surface area (Å²) in [5, 5.41) is 9.83. The predicted molar refractivity (Wildman–Crippen MR) is 133 cm³/mol. The molecule has 0 radical (unpaired) electrons. The number of halogens is 1. The first-order valence-electron chi connectivity index (χ1n) is 12.6.